The van der Waals surface area contributed by atoms with Gasteiger partial charge in [0.2, 0.25) is 23.6 Å². The van der Waals surface area contributed by atoms with E-state index in [1.54, 1.807) is 29.8 Å². The maximum Gasteiger partial charge on any atom is 0.328 e. The van der Waals surface area contributed by atoms with Gasteiger partial charge in [-0.3, -0.25) is 24.1 Å². The lowest BCUT2D eigenvalue weighted by Crippen LogP contribution is -2.60. The molecule has 2 saturated heterocycles. The molecule has 2 N–H and O–H groups in total. The fraction of sp³-hybridized carbons (Fsp3) is 0.806. The molecule has 0 aliphatic carbocycles. The summed E-state index contributed by atoms with van der Waals surface area (Å²) in [6.07, 6.45) is 6.19. The number of carbonyl (C=O) groups excluding carboxylic acids is 5. The van der Waals surface area contributed by atoms with Crippen molar-refractivity contribution in [2.24, 2.45) is 17.3 Å². The molecule has 11 nitrogen and oxygen atoms in total. The van der Waals surface area contributed by atoms with Gasteiger partial charge in [-0.2, -0.15) is 0 Å². The van der Waals surface area contributed by atoms with Gasteiger partial charge in [-0.05, 0) is 76.7 Å². The third-order valence-corrected chi connectivity index (χ3v) is 9.47. The van der Waals surface area contributed by atoms with Gasteiger partial charge in [-0.25, -0.2) is 4.79 Å². The van der Waals surface area contributed by atoms with Crippen LogP contribution in [0, 0.1) is 17.3 Å². The summed E-state index contributed by atoms with van der Waals surface area (Å²) >= 11 is 0. The lowest BCUT2D eigenvalue weighted by Gasteiger charge is -2.41. The lowest BCUT2D eigenvalue weighted by atomic mass is 9.84. The van der Waals surface area contributed by atoms with Crippen molar-refractivity contribution < 1.29 is 28.7 Å². The SMILES string of the molecule is COC(=O)C(CC(C)C)NC(=O)[C@@H]1CCCN1C(=O)/C(C)=C/C(C(C)C)N(C)C(=O)[C@@H](NC(=O)[C@H]1CCCCN1C(C)C)C(C)(C)C. The van der Waals surface area contributed by atoms with Crippen molar-refractivity contribution in [2.45, 2.75) is 144 Å². The third kappa shape index (κ3) is 10.8. The summed E-state index contributed by atoms with van der Waals surface area (Å²) in [5.74, 6) is -1.37. The minimum absolute atomic E-state index is 0.0349. The van der Waals surface area contributed by atoms with E-state index in [1.165, 1.54) is 7.11 Å². The maximum atomic E-state index is 14.2. The Morgan fingerprint density at radius 3 is 2.02 bits per heavy atom. The molecule has 2 aliphatic heterocycles. The van der Waals surface area contributed by atoms with Crippen LogP contribution in [0.5, 0.6) is 0 Å². The van der Waals surface area contributed by atoms with Crippen LogP contribution in [0.3, 0.4) is 0 Å². The van der Waals surface area contributed by atoms with E-state index >= 15 is 0 Å². The van der Waals surface area contributed by atoms with Crippen LogP contribution in [-0.4, -0.2) is 108 Å². The Kier molecular flexibility index (Phi) is 14.9. The summed E-state index contributed by atoms with van der Waals surface area (Å²) in [6, 6.07) is -2.72. The molecule has 0 aromatic carbocycles. The zero-order valence-corrected chi connectivity index (χ0v) is 31.1. The number of hydrogen-bond donors (Lipinski definition) is 2. The molecule has 5 atom stereocenters. The van der Waals surface area contributed by atoms with Crippen LogP contribution in [0.1, 0.15) is 108 Å². The first-order valence-corrected chi connectivity index (χ1v) is 17.5. The highest BCUT2D eigenvalue weighted by Crippen LogP contribution is 2.27. The lowest BCUT2D eigenvalue weighted by molar-refractivity contribution is -0.146. The van der Waals surface area contributed by atoms with Gasteiger partial charge in [0.25, 0.3) is 0 Å². The van der Waals surface area contributed by atoms with E-state index in [2.05, 4.69) is 29.4 Å². The number of methoxy groups -OCH3 is 1. The van der Waals surface area contributed by atoms with E-state index < -0.39 is 35.6 Å². The Balaban J connectivity index is 2.27. The molecule has 0 radical (unpaired) electrons. The van der Waals surface area contributed by atoms with Crippen LogP contribution in [0.2, 0.25) is 0 Å². The molecule has 2 fully saturated rings. The van der Waals surface area contributed by atoms with Crippen LogP contribution >= 0.6 is 0 Å². The zero-order chi connectivity index (χ0) is 35.8. The number of nitrogens with zero attached hydrogens (tertiary/aromatic N) is 3. The second kappa shape index (κ2) is 17.4. The van der Waals surface area contributed by atoms with E-state index in [0.717, 1.165) is 25.8 Å². The number of likely N-dealkylation sites (N-methyl/N-ethyl adjacent to an activating group) is 1. The van der Waals surface area contributed by atoms with Crippen molar-refractivity contribution in [3.63, 3.8) is 0 Å². The molecule has 4 amide bonds. The minimum atomic E-state index is -0.783. The highest BCUT2D eigenvalue weighted by molar-refractivity contribution is 5.98. The molecule has 0 aromatic heterocycles. The number of carbonyl (C=O) groups is 5. The number of piperidine rings is 1. The highest BCUT2D eigenvalue weighted by atomic mass is 16.5. The third-order valence-electron chi connectivity index (χ3n) is 9.47. The standard InChI is InChI=1S/C36H63N5O6/c1-22(2)20-26(35(46)47-12)37-31(42)28-17-15-19-41(28)33(44)25(7)21-29(23(3)4)39(11)34(45)30(36(8,9)10)38-32(43)27-16-13-14-18-40(27)24(5)6/h21-24,26-30H,13-20H2,1-12H3,(H,37,42)(H,38,43)/b25-21+/t26?,27-,28+,29?,30-/m1/s1. The Morgan fingerprint density at radius 1 is 0.894 bits per heavy atom. The average Bonchev–Trinajstić information content (AvgIpc) is 3.49. The van der Waals surface area contributed by atoms with Crippen LogP contribution < -0.4 is 10.6 Å². The van der Waals surface area contributed by atoms with E-state index in [4.69, 9.17) is 4.74 Å². The fourth-order valence-electron chi connectivity index (χ4n) is 6.77. The number of rotatable bonds is 13. The van der Waals surface area contributed by atoms with E-state index in [9.17, 15) is 24.0 Å². The van der Waals surface area contributed by atoms with Gasteiger partial charge in [0.15, 0.2) is 0 Å². The largest absolute Gasteiger partial charge is 0.467 e. The molecule has 2 unspecified atom stereocenters. The number of amides is 4. The van der Waals surface area contributed by atoms with Crippen molar-refractivity contribution in [3.8, 4) is 0 Å². The first-order valence-electron chi connectivity index (χ1n) is 17.5. The number of esters is 1. The molecule has 11 heteroatoms. The first kappa shape index (κ1) is 40.2. The van der Waals surface area contributed by atoms with Crippen molar-refractivity contribution in [1.29, 1.82) is 0 Å². The van der Waals surface area contributed by atoms with E-state index in [0.29, 0.717) is 31.4 Å². The molecule has 0 spiro atoms. The average molecular weight is 662 g/mol. The molecule has 47 heavy (non-hydrogen) atoms. The van der Waals surface area contributed by atoms with Crippen LogP contribution in [0.25, 0.3) is 0 Å². The van der Waals surface area contributed by atoms with Gasteiger partial charge in [-0.1, -0.05) is 61.0 Å². The molecule has 2 heterocycles. The Hall–Kier alpha value is -2.95. The van der Waals surface area contributed by atoms with Crippen molar-refractivity contribution in [3.05, 3.63) is 11.6 Å². The van der Waals surface area contributed by atoms with Crippen molar-refractivity contribution in [2.75, 3.05) is 27.2 Å². The fourth-order valence-corrected chi connectivity index (χ4v) is 6.77. The molecular formula is C36H63N5O6. The first-order chi connectivity index (χ1) is 21.8. The predicted octanol–water partition coefficient (Wildman–Crippen LogP) is 3.90. The van der Waals surface area contributed by atoms with Gasteiger partial charge in [-0.15, -0.1) is 0 Å². The monoisotopic (exact) mass is 661 g/mol. The van der Waals surface area contributed by atoms with Gasteiger partial charge in [0.1, 0.15) is 18.1 Å². The normalized spacial score (nSPS) is 21.4. The highest BCUT2D eigenvalue weighted by Gasteiger charge is 2.41. The zero-order valence-electron chi connectivity index (χ0n) is 31.1. The number of likely N-dealkylation sites (tertiary alicyclic amines) is 2. The molecule has 2 aliphatic rings. The second-order valence-electron chi connectivity index (χ2n) is 15.6. The smallest absolute Gasteiger partial charge is 0.328 e. The van der Waals surface area contributed by atoms with Crippen LogP contribution in [-0.2, 0) is 28.7 Å². The Bertz CT molecular complexity index is 1140. The summed E-state index contributed by atoms with van der Waals surface area (Å²) < 4.78 is 4.90. The van der Waals surface area contributed by atoms with E-state index in [-0.39, 0.29) is 47.5 Å². The summed E-state index contributed by atoms with van der Waals surface area (Å²) in [7, 11) is 3.02. The molecule has 0 aromatic rings. The summed E-state index contributed by atoms with van der Waals surface area (Å²) in [5.41, 5.74) is -0.122. The second-order valence-corrected chi connectivity index (χ2v) is 15.6. The van der Waals surface area contributed by atoms with E-state index in [1.807, 2.05) is 48.5 Å². The number of hydrogen-bond acceptors (Lipinski definition) is 7. The molecule has 2 rings (SSSR count). The maximum absolute atomic E-state index is 14.2. The summed E-state index contributed by atoms with van der Waals surface area (Å²) in [5, 5.41) is 5.93. The van der Waals surface area contributed by atoms with Crippen molar-refractivity contribution in [1.82, 2.24) is 25.3 Å². The summed E-state index contributed by atoms with van der Waals surface area (Å²) in [6.45, 7) is 20.9. The quantitative estimate of drug-likeness (QED) is 0.226. The topological polar surface area (TPSA) is 128 Å². The predicted molar refractivity (Wildman–Crippen MR) is 184 cm³/mol. The van der Waals surface area contributed by atoms with Crippen molar-refractivity contribution >= 4 is 29.6 Å². The summed E-state index contributed by atoms with van der Waals surface area (Å²) in [4.78, 5) is 72.7. The van der Waals surface area contributed by atoms with Gasteiger partial charge < -0.3 is 25.2 Å². The Morgan fingerprint density at radius 2 is 1.49 bits per heavy atom. The van der Waals surface area contributed by atoms with Crippen LogP contribution in [0.4, 0.5) is 0 Å². The van der Waals surface area contributed by atoms with Crippen LogP contribution in [0.15, 0.2) is 11.6 Å². The van der Waals surface area contributed by atoms with Gasteiger partial charge in [0.05, 0.1) is 19.2 Å². The number of nitrogens with one attached hydrogen (secondary N) is 2. The molecule has 0 bridgehead atoms. The number of ether oxygens (including phenoxy) is 1. The van der Waals surface area contributed by atoms with Gasteiger partial charge >= 0.3 is 5.97 Å². The molecule has 268 valence electrons. The molecular weight excluding hydrogens is 598 g/mol. The Labute approximate surface area is 283 Å². The minimum Gasteiger partial charge on any atom is -0.467 e. The molecule has 0 saturated carbocycles. The van der Waals surface area contributed by atoms with Gasteiger partial charge in [0, 0.05) is 25.2 Å².